The number of hydrogen-bond acceptors (Lipinski definition) is 4. The third-order valence-corrected chi connectivity index (χ3v) is 2.78. The monoisotopic (exact) mass is 234 g/mol. The number of rotatable bonds is 6. The molecule has 0 amide bonds. The van der Waals surface area contributed by atoms with Gasteiger partial charge in [0.15, 0.2) is 0 Å². The van der Waals surface area contributed by atoms with Crippen molar-refractivity contribution in [2.24, 2.45) is 0 Å². The van der Waals surface area contributed by atoms with Crippen molar-refractivity contribution in [2.45, 2.75) is 31.6 Å². The molecule has 5 heteroatoms. The molecule has 0 bridgehead atoms. The normalized spacial score (nSPS) is 13.1. The van der Waals surface area contributed by atoms with Gasteiger partial charge in [0.05, 0.1) is 12.0 Å². The predicted octanol–water partition coefficient (Wildman–Crippen LogP) is 2.29. The van der Waals surface area contributed by atoms with Gasteiger partial charge in [-0.05, 0) is 18.0 Å². The van der Waals surface area contributed by atoms with Gasteiger partial charge in [-0.15, -0.1) is 11.6 Å². The van der Waals surface area contributed by atoms with Crippen LogP contribution in [0.2, 0.25) is 0 Å². The second-order valence-corrected chi connectivity index (χ2v) is 4.56. The molecule has 0 radical (unpaired) electrons. The number of halogens is 1. The van der Waals surface area contributed by atoms with E-state index in [-0.39, 0.29) is 5.38 Å². The van der Waals surface area contributed by atoms with Crippen molar-refractivity contribution in [1.82, 2.24) is 9.36 Å². The molecule has 1 atom stereocenters. The van der Waals surface area contributed by atoms with Gasteiger partial charge in [0, 0.05) is 20.0 Å². The smallest absolute Gasteiger partial charge is 0.142 e. The maximum Gasteiger partial charge on any atom is 0.142 e. The lowest BCUT2D eigenvalue weighted by molar-refractivity contribution is 0.197. The summed E-state index contributed by atoms with van der Waals surface area (Å²) in [4.78, 5) is 4.39. The predicted molar refractivity (Wildman–Crippen MR) is 59.1 cm³/mol. The highest BCUT2D eigenvalue weighted by molar-refractivity contribution is 7.05. The van der Waals surface area contributed by atoms with Crippen molar-refractivity contribution >= 4 is 23.1 Å². The topological polar surface area (TPSA) is 35.0 Å². The molecule has 0 saturated carbocycles. The first kappa shape index (κ1) is 11.9. The molecule has 1 aromatic heterocycles. The summed E-state index contributed by atoms with van der Waals surface area (Å²) in [6.07, 6.45) is 2.78. The number of aromatic nitrogens is 2. The molecule has 0 aliphatic heterocycles. The number of alkyl halides is 1. The third-order valence-electron chi connectivity index (χ3n) is 1.73. The van der Waals surface area contributed by atoms with Crippen molar-refractivity contribution in [3.05, 3.63) is 10.8 Å². The van der Waals surface area contributed by atoms with Crippen LogP contribution in [0.1, 0.15) is 24.2 Å². The number of nitrogens with zero attached hydrogens (tertiary/aromatic N) is 2. The van der Waals surface area contributed by atoms with E-state index in [1.807, 2.05) is 0 Å². The Balaban J connectivity index is 2.42. The quantitative estimate of drug-likeness (QED) is 0.709. The summed E-state index contributed by atoms with van der Waals surface area (Å²) in [7, 11) is 1.65. The number of hydrogen-bond donors (Lipinski definition) is 0. The zero-order valence-electron chi connectivity index (χ0n) is 8.49. The largest absolute Gasteiger partial charge is 0.383 e. The fraction of sp³-hybridized carbons (Fsp3) is 0.778. The second-order valence-electron chi connectivity index (χ2n) is 3.11. The van der Waals surface area contributed by atoms with Gasteiger partial charge in [-0.25, -0.2) is 4.98 Å². The van der Waals surface area contributed by atoms with Gasteiger partial charge < -0.3 is 4.74 Å². The van der Waals surface area contributed by atoms with Crippen LogP contribution < -0.4 is 0 Å². The Morgan fingerprint density at radius 1 is 1.57 bits per heavy atom. The second kappa shape index (κ2) is 6.32. The van der Waals surface area contributed by atoms with Gasteiger partial charge in [0.1, 0.15) is 10.8 Å². The van der Waals surface area contributed by atoms with Crippen LogP contribution >= 0.6 is 23.1 Å². The summed E-state index contributed by atoms with van der Waals surface area (Å²) in [5.41, 5.74) is 0. The van der Waals surface area contributed by atoms with Gasteiger partial charge in [-0.1, -0.05) is 6.92 Å². The van der Waals surface area contributed by atoms with E-state index in [2.05, 4.69) is 16.3 Å². The minimum absolute atomic E-state index is 0.00225. The van der Waals surface area contributed by atoms with Crippen molar-refractivity contribution in [2.75, 3.05) is 13.7 Å². The Kier molecular flexibility index (Phi) is 5.37. The van der Waals surface area contributed by atoms with Crippen molar-refractivity contribution in [3.8, 4) is 0 Å². The van der Waals surface area contributed by atoms with E-state index in [4.69, 9.17) is 16.3 Å². The van der Waals surface area contributed by atoms with E-state index >= 15 is 0 Å². The van der Waals surface area contributed by atoms with Crippen LogP contribution in [0.3, 0.4) is 0 Å². The molecule has 0 aliphatic carbocycles. The zero-order chi connectivity index (χ0) is 10.4. The van der Waals surface area contributed by atoms with E-state index in [1.54, 1.807) is 7.11 Å². The molecule has 0 spiro atoms. The molecule has 0 saturated heterocycles. The van der Waals surface area contributed by atoms with E-state index in [9.17, 15) is 0 Å². The van der Waals surface area contributed by atoms with E-state index < -0.39 is 0 Å². The van der Waals surface area contributed by atoms with Crippen molar-refractivity contribution in [3.63, 3.8) is 0 Å². The minimum Gasteiger partial charge on any atom is -0.383 e. The molecule has 14 heavy (non-hydrogen) atoms. The summed E-state index contributed by atoms with van der Waals surface area (Å²) < 4.78 is 9.20. The standard InChI is InChI=1S/C9H15ClN2OS/c1-3-4-8-11-9(14-12-8)5-7(10)6-13-2/h7H,3-6H2,1-2H3. The van der Waals surface area contributed by atoms with Gasteiger partial charge in [0.25, 0.3) is 0 Å². The fourth-order valence-corrected chi connectivity index (χ4v) is 2.26. The van der Waals surface area contributed by atoms with Crippen LogP contribution in [0.5, 0.6) is 0 Å². The molecule has 3 nitrogen and oxygen atoms in total. The lowest BCUT2D eigenvalue weighted by atomic mass is 10.3. The molecule has 80 valence electrons. The summed E-state index contributed by atoms with van der Waals surface area (Å²) in [5, 5.41) is 1.01. The molecule has 0 N–H and O–H groups in total. The Morgan fingerprint density at radius 3 is 3.00 bits per heavy atom. The van der Waals surface area contributed by atoms with E-state index in [1.165, 1.54) is 11.5 Å². The van der Waals surface area contributed by atoms with Crippen LogP contribution in [0, 0.1) is 0 Å². The Labute approximate surface area is 93.6 Å². The molecule has 0 fully saturated rings. The molecule has 1 rings (SSSR count). The SMILES string of the molecule is CCCc1nsc(CC(Cl)COC)n1. The highest BCUT2D eigenvalue weighted by Gasteiger charge is 2.09. The summed E-state index contributed by atoms with van der Waals surface area (Å²) in [6, 6.07) is 0. The Bertz CT molecular complexity index is 267. The minimum atomic E-state index is 0.00225. The Hall–Kier alpha value is -0.190. The zero-order valence-corrected chi connectivity index (χ0v) is 10.1. The van der Waals surface area contributed by atoms with E-state index in [0.717, 1.165) is 30.1 Å². The summed E-state index contributed by atoms with van der Waals surface area (Å²) >= 11 is 7.46. The maximum absolute atomic E-state index is 6.02. The summed E-state index contributed by atoms with van der Waals surface area (Å²) in [5.74, 6) is 0.939. The van der Waals surface area contributed by atoms with Gasteiger partial charge in [-0.3, -0.25) is 0 Å². The Morgan fingerprint density at radius 2 is 2.36 bits per heavy atom. The van der Waals surface area contributed by atoms with E-state index in [0.29, 0.717) is 6.61 Å². The first-order chi connectivity index (χ1) is 6.76. The molecule has 0 aliphatic rings. The van der Waals surface area contributed by atoms with Crippen LogP contribution in [-0.2, 0) is 17.6 Å². The maximum atomic E-state index is 6.02. The van der Waals surface area contributed by atoms with Crippen molar-refractivity contribution in [1.29, 1.82) is 0 Å². The van der Waals surface area contributed by atoms with Gasteiger partial charge in [-0.2, -0.15) is 4.37 Å². The highest BCUT2D eigenvalue weighted by atomic mass is 35.5. The van der Waals surface area contributed by atoms with Crippen LogP contribution in [0.25, 0.3) is 0 Å². The third kappa shape index (κ3) is 3.90. The molecular weight excluding hydrogens is 220 g/mol. The summed E-state index contributed by atoms with van der Waals surface area (Å²) in [6.45, 7) is 2.68. The van der Waals surface area contributed by atoms with Crippen molar-refractivity contribution < 1.29 is 4.74 Å². The van der Waals surface area contributed by atoms with Crippen LogP contribution in [0.4, 0.5) is 0 Å². The van der Waals surface area contributed by atoms with Crippen LogP contribution in [-0.4, -0.2) is 28.5 Å². The van der Waals surface area contributed by atoms with Crippen LogP contribution in [0.15, 0.2) is 0 Å². The highest BCUT2D eigenvalue weighted by Crippen LogP contribution is 2.12. The average molecular weight is 235 g/mol. The number of methoxy groups -OCH3 is 1. The lowest BCUT2D eigenvalue weighted by Crippen LogP contribution is -2.10. The fourth-order valence-electron chi connectivity index (χ4n) is 1.13. The number of ether oxygens (including phenoxy) is 1. The molecular formula is C9H15ClN2OS. The average Bonchev–Trinajstić information content (AvgIpc) is 2.53. The number of aryl methyl sites for hydroxylation is 1. The molecule has 0 aromatic carbocycles. The van der Waals surface area contributed by atoms with Gasteiger partial charge >= 0.3 is 0 Å². The van der Waals surface area contributed by atoms with Gasteiger partial charge in [0.2, 0.25) is 0 Å². The molecule has 1 heterocycles. The molecule has 1 unspecified atom stereocenters. The lowest BCUT2D eigenvalue weighted by Gasteiger charge is -2.03. The first-order valence-electron chi connectivity index (χ1n) is 4.70. The first-order valence-corrected chi connectivity index (χ1v) is 5.91. The molecule has 1 aromatic rings.